The third-order valence-corrected chi connectivity index (χ3v) is 2.10. The number of aromatic nitrogens is 1. The summed E-state index contributed by atoms with van der Waals surface area (Å²) < 4.78 is 0. The molecule has 83 valence electrons. The predicted octanol–water partition coefficient (Wildman–Crippen LogP) is 2.29. The maximum absolute atomic E-state index is 8.77. The number of hydrogen-bond acceptors (Lipinski definition) is 3. The molecule has 0 unspecified atom stereocenters. The summed E-state index contributed by atoms with van der Waals surface area (Å²) in [5, 5.41) is 17.5. The van der Waals surface area contributed by atoms with Crippen molar-refractivity contribution in [2.24, 2.45) is 0 Å². The zero-order valence-corrected chi connectivity index (χ0v) is 11.0. The van der Waals surface area contributed by atoms with Crippen molar-refractivity contribution in [2.75, 3.05) is 0 Å². The molecular formula is C13H6IrN3-. The van der Waals surface area contributed by atoms with Gasteiger partial charge >= 0.3 is 0 Å². The quantitative estimate of drug-likeness (QED) is 0.695. The van der Waals surface area contributed by atoms with Gasteiger partial charge in [0.2, 0.25) is 0 Å². The van der Waals surface area contributed by atoms with Crippen LogP contribution >= 0.6 is 0 Å². The van der Waals surface area contributed by atoms with Gasteiger partial charge in [-0.2, -0.15) is 10.5 Å². The summed E-state index contributed by atoms with van der Waals surface area (Å²) in [6.07, 6.45) is 1.57. The van der Waals surface area contributed by atoms with Crippen molar-refractivity contribution in [3.8, 4) is 23.4 Å². The third-order valence-electron chi connectivity index (χ3n) is 2.10. The van der Waals surface area contributed by atoms with Gasteiger partial charge in [0.25, 0.3) is 0 Å². The maximum Gasteiger partial charge on any atom is 0.0984 e. The van der Waals surface area contributed by atoms with Crippen LogP contribution in [-0.4, -0.2) is 4.98 Å². The summed E-state index contributed by atoms with van der Waals surface area (Å²) in [5.41, 5.74) is 2.46. The zero-order chi connectivity index (χ0) is 11.4. The fourth-order valence-corrected chi connectivity index (χ4v) is 1.33. The number of pyridine rings is 1. The number of nitrogens with zero attached hydrogens (tertiary/aromatic N) is 3. The fraction of sp³-hybridized carbons (Fsp3) is 0. The van der Waals surface area contributed by atoms with Crippen molar-refractivity contribution in [1.82, 2.24) is 4.98 Å². The van der Waals surface area contributed by atoms with E-state index in [2.05, 4.69) is 17.1 Å². The SMILES string of the molecule is N#Cc1cc[c-]c(-c2cc(C#N)ccn2)c1.[Ir]. The minimum absolute atomic E-state index is 0. The van der Waals surface area contributed by atoms with Crippen LogP contribution in [0.3, 0.4) is 0 Å². The molecule has 3 nitrogen and oxygen atoms in total. The second-order valence-corrected chi connectivity index (χ2v) is 3.14. The Morgan fingerprint density at radius 3 is 2.47 bits per heavy atom. The van der Waals surface area contributed by atoms with E-state index in [4.69, 9.17) is 10.5 Å². The Labute approximate surface area is 113 Å². The average molecular weight is 396 g/mol. The summed E-state index contributed by atoms with van der Waals surface area (Å²) in [7, 11) is 0. The van der Waals surface area contributed by atoms with Gasteiger partial charge in [0.15, 0.2) is 0 Å². The number of hydrogen-bond donors (Lipinski definition) is 0. The van der Waals surface area contributed by atoms with Crippen molar-refractivity contribution >= 4 is 0 Å². The second-order valence-electron chi connectivity index (χ2n) is 3.14. The minimum Gasteiger partial charge on any atom is -0.305 e. The molecule has 2 rings (SSSR count). The Morgan fingerprint density at radius 1 is 1.06 bits per heavy atom. The van der Waals surface area contributed by atoms with Gasteiger partial charge in [0.05, 0.1) is 12.1 Å². The number of benzene rings is 1. The van der Waals surface area contributed by atoms with Crippen molar-refractivity contribution in [2.45, 2.75) is 0 Å². The van der Waals surface area contributed by atoms with Crippen LogP contribution in [0, 0.1) is 28.7 Å². The van der Waals surface area contributed by atoms with E-state index in [1.165, 1.54) is 0 Å². The van der Waals surface area contributed by atoms with Gasteiger partial charge in [-0.25, -0.2) is 0 Å². The first-order valence-corrected chi connectivity index (χ1v) is 4.62. The van der Waals surface area contributed by atoms with Crippen LogP contribution in [0.2, 0.25) is 0 Å². The van der Waals surface area contributed by atoms with Crippen LogP contribution in [-0.2, 0) is 20.1 Å². The Balaban J connectivity index is 0.00000144. The minimum atomic E-state index is 0. The van der Waals surface area contributed by atoms with E-state index >= 15 is 0 Å². The van der Waals surface area contributed by atoms with Crippen molar-refractivity contribution in [3.05, 3.63) is 53.7 Å². The third kappa shape index (κ3) is 2.98. The second kappa shape index (κ2) is 5.91. The van der Waals surface area contributed by atoms with E-state index in [0.29, 0.717) is 16.8 Å². The Morgan fingerprint density at radius 2 is 1.76 bits per heavy atom. The first kappa shape index (κ1) is 13.1. The monoisotopic (exact) mass is 397 g/mol. The van der Waals surface area contributed by atoms with E-state index in [9.17, 15) is 0 Å². The summed E-state index contributed by atoms with van der Waals surface area (Å²) in [6.45, 7) is 0. The molecule has 0 bridgehead atoms. The van der Waals surface area contributed by atoms with E-state index in [0.717, 1.165) is 5.56 Å². The topological polar surface area (TPSA) is 60.5 Å². The molecule has 0 N–H and O–H groups in total. The average Bonchev–Trinajstić information content (AvgIpc) is 2.39. The Hall–Kier alpha value is -2.00. The van der Waals surface area contributed by atoms with Gasteiger partial charge < -0.3 is 4.98 Å². The van der Waals surface area contributed by atoms with Crippen LogP contribution < -0.4 is 0 Å². The Bertz CT molecular complexity index is 553. The van der Waals surface area contributed by atoms with Crippen molar-refractivity contribution in [3.63, 3.8) is 0 Å². The van der Waals surface area contributed by atoms with E-state index in [1.807, 2.05) is 6.07 Å². The van der Waals surface area contributed by atoms with Gasteiger partial charge in [0, 0.05) is 31.9 Å². The molecule has 0 aliphatic carbocycles. The maximum atomic E-state index is 8.77. The normalized spacial score (nSPS) is 8.59. The van der Waals surface area contributed by atoms with E-state index in [1.54, 1.807) is 36.5 Å². The zero-order valence-electron chi connectivity index (χ0n) is 8.64. The molecule has 4 heteroatoms. The molecule has 0 saturated heterocycles. The van der Waals surface area contributed by atoms with E-state index in [-0.39, 0.29) is 20.1 Å². The smallest absolute Gasteiger partial charge is 0.0984 e. The molecule has 0 aliphatic heterocycles. The first-order chi connectivity index (χ1) is 7.83. The van der Waals surface area contributed by atoms with Crippen LogP contribution in [0.25, 0.3) is 11.3 Å². The molecule has 0 saturated carbocycles. The summed E-state index contributed by atoms with van der Waals surface area (Å²) in [4.78, 5) is 4.14. The largest absolute Gasteiger partial charge is 0.305 e. The van der Waals surface area contributed by atoms with E-state index < -0.39 is 0 Å². The van der Waals surface area contributed by atoms with Gasteiger partial charge in [-0.05, 0) is 17.3 Å². The summed E-state index contributed by atoms with van der Waals surface area (Å²) >= 11 is 0. The van der Waals surface area contributed by atoms with Gasteiger partial charge in [-0.15, -0.1) is 29.8 Å². The molecule has 0 fully saturated rings. The van der Waals surface area contributed by atoms with Crippen molar-refractivity contribution in [1.29, 1.82) is 10.5 Å². The van der Waals surface area contributed by atoms with Crippen molar-refractivity contribution < 1.29 is 20.1 Å². The standard InChI is InChI=1S/C13H6N3.Ir/c14-8-10-2-1-3-12(6-10)13-7-11(9-15)4-5-16-13;/h1-2,4-7H;/q-1;. The van der Waals surface area contributed by atoms with Gasteiger partial charge in [0.1, 0.15) is 0 Å². The molecule has 2 aromatic rings. The molecule has 1 aromatic carbocycles. The molecule has 17 heavy (non-hydrogen) atoms. The predicted molar refractivity (Wildman–Crippen MR) is 57.9 cm³/mol. The molecular weight excluding hydrogens is 390 g/mol. The van der Waals surface area contributed by atoms with Crippen LogP contribution in [0.15, 0.2) is 36.5 Å². The molecule has 0 amide bonds. The number of nitriles is 2. The number of rotatable bonds is 1. The summed E-state index contributed by atoms with van der Waals surface area (Å²) in [5.74, 6) is 0. The molecule has 1 radical (unpaired) electrons. The summed E-state index contributed by atoms with van der Waals surface area (Å²) in [6, 6.07) is 15.4. The fourth-order valence-electron chi connectivity index (χ4n) is 1.33. The van der Waals surface area contributed by atoms with Crippen LogP contribution in [0.1, 0.15) is 11.1 Å². The van der Waals surface area contributed by atoms with Gasteiger partial charge in [-0.3, -0.25) is 0 Å². The molecule has 1 aromatic heterocycles. The molecule has 0 aliphatic rings. The molecule has 0 spiro atoms. The van der Waals surface area contributed by atoms with Crippen LogP contribution in [0.4, 0.5) is 0 Å². The Kier molecular flexibility index (Phi) is 4.55. The van der Waals surface area contributed by atoms with Crippen LogP contribution in [0.5, 0.6) is 0 Å². The molecule has 1 heterocycles. The first-order valence-electron chi connectivity index (χ1n) is 4.62. The molecule has 0 atom stereocenters. The van der Waals surface area contributed by atoms with Gasteiger partial charge in [-0.1, -0.05) is 6.07 Å².